The molecule has 0 aliphatic heterocycles. The number of fused-ring (bicyclic) bond motifs is 5. The van der Waals surface area contributed by atoms with Crippen LogP contribution in [0.15, 0.2) is 0 Å². The molecule has 4 heteroatoms. The van der Waals surface area contributed by atoms with Gasteiger partial charge in [-0.2, -0.15) is 6.42 Å². The van der Waals surface area contributed by atoms with Crippen LogP contribution in [0.25, 0.3) is 0 Å². The molecule has 2 N–H and O–H groups in total. The Morgan fingerprint density at radius 3 is 2.29 bits per heavy atom. The Bertz CT molecular complexity index is 767. The molecule has 0 aromatic rings. The molecular weight excluding hydrogens is 457 g/mol. The second-order valence-corrected chi connectivity index (χ2v) is 15.1. The first kappa shape index (κ1) is 30.8. The fourth-order valence-electron chi connectivity index (χ4n) is 10.7. The maximum absolute atomic E-state index is 11.0. The zero-order chi connectivity index (χ0) is 25.2. The van der Waals surface area contributed by atoms with E-state index >= 15 is 0 Å². The smallest absolute Gasteiger partial charge is 0.542 e. The van der Waals surface area contributed by atoms with E-state index in [9.17, 15) is 4.79 Å². The Labute approximate surface area is 259 Å². The van der Waals surface area contributed by atoms with Crippen molar-refractivity contribution < 1.29 is 60.9 Å². The van der Waals surface area contributed by atoms with E-state index in [1.807, 2.05) is 0 Å². The van der Waals surface area contributed by atoms with Gasteiger partial charge in [-0.25, -0.2) is 0 Å². The van der Waals surface area contributed by atoms with Gasteiger partial charge in [0.15, 0.2) is 0 Å². The predicted molar refractivity (Wildman–Crippen MR) is 141 cm³/mol. The Balaban J connectivity index is 0.00000342. The van der Waals surface area contributed by atoms with Crippen LogP contribution in [0.3, 0.4) is 0 Å². The molecule has 4 aliphatic rings. The molecular formula is C31H54KNO2. The summed E-state index contributed by atoms with van der Waals surface area (Å²) in [7, 11) is 0. The largest absolute Gasteiger partial charge is 1.00 e. The first-order chi connectivity index (χ1) is 15.8. The van der Waals surface area contributed by atoms with Crippen molar-refractivity contribution in [3.05, 3.63) is 0 Å². The number of rotatable bonds is 7. The van der Waals surface area contributed by atoms with E-state index in [1.165, 1.54) is 44.9 Å². The van der Waals surface area contributed by atoms with Crippen LogP contribution in [0.1, 0.15) is 113 Å². The number of hydrogen-bond donors (Lipinski definition) is 1. The van der Waals surface area contributed by atoms with E-state index in [0.29, 0.717) is 47.2 Å². The van der Waals surface area contributed by atoms with Crippen molar-refractivity contribution >= 4 is 6.29 Å². The third-order valence-corrected chi connectivity index (χ3v) is 12.7. The Morgan fingerprint density at radius 1 is 0.971 bits per heavy atom. The number of carbonyl (C=O) groups excluding carboxylic acids is 1. The van der Waals surface area contributed by atoms with Gasteiger partial charge in [0.2, 0.25) is 0 Å². The van der Waals surface area contributed by atoms with E-state index in [0.717, 1.165) is 36.0 Å². The molecule has 4 fully saturated rings. The van der Waals surface area contributed by atoms with Crippen molar-refractivity contribution in [1.29, 1.82) is 0 Å². The van der Waals surface area contributed by atoms with Crippen LogP contribution in [0.4, 0.5) is 0 Å². The molecule has 0 aromatic heterocycles. The van der Waals surface area contributed by atoms with Gasteiger partial charge in [0.1, 0.15) is 0 Å². The topological polar surface area (TPSA) is 52.3 Å². The van der Waals surface area contributed by atoms with Crippen LogP contribution < -0.4 is 57.1 Å². The molecule has 0 aromatic carbocycles. The summed E-state index contributed by atoms with van der Waals surface area (Å²) < 4.78 is 6.36. The van der Waals surface area contributed by atoms with Crippen molar-refractivity contribution in [2.24, 2.45) is 62.9 Å². The van der Waals surface area contributed by atoms with Crippen LogP contribution in [0.2, 0.25) is 0 Å². The number of ether oxygens (including phenoxy) is 1. The summed E-state index contributed by atoms with van der Waals surface area (Å²) in [5, 5.41) is 0. The van der Waals surface area contributed by atoms with Gasteiger partial charge in [0, 0.05) is 6.54 Å². The standard InChI is InChI=1S/C31H54NO2.K/c1-21(10-9-16-33)23-11-12-24-26-25(20-28(4,5)31(23,24)8)30(7)14-13-29(6,34-17-15-32)19-22(30)18-27(26,2)3;/h21-26H,9-15,17-20,32H2,1-8H3;/q-1;+1/t21?,22-,23?,24+,25+,26+,29?,30+,31-;/m1./s1. The van der Waals surface area contributed by atoms with Crippen LogP contribution in [0, 0.1) is 57.2 Å². The molecule has 3 nitrogen and oxygen atoms in total. The second-order valence-electron chi connectivity index (χ2n) is 15.1. The van der Waals surface area contributed by atoms with Gasteiger partial charge in [-0.1, -0.05) is 54.9 Å². The van der Waals surface area contributed by atoms with Crippen LogP contribution in [-0.4, -0.2) is 25.0 Å². The van der Waals surface area contributed by atoms with Gasteiger partial charge >= 0.3 is 51.4 Å². The van der Waals surface area contributed by atoms with E-state index in [4.69, 9.17) is 10.5 Å². The molecule has 9 atom stereocenters. The van der Waals surface area contributed by atoms with Crippen molar-refractivity contribution in [2.75, 3.05) is 13.2 Å². The van der Waals surface area contributed by atoms with Gasteiger partial charge in [-0.3, -0.25) is 6.29 Å². The fraction of sp³-hybridized carbons (Fsp3) is 0.968. The third-order valence-electron chi connectivity index (χ3n) is 12.7. The Hall–Kier alpha value is 1.23. The van der Waals surface area contributed by atoms with Gasteiger partial charge in [0.05, 0.1) is 12.2 Å². The van der Waals surface area contributed by atoms with E-state index in [1.54, 1.807) is 0 Å². The van der Waals surface area contributed by atoms with Gasteiger partial charge < -0.3 is 15.3 Å². The summed E-state index contributed by atoms with van der Waals surface area (Å²) in [5.74, 6) is 4.46. The fourth-order valence-corrected chi connectivity index (χ4v) is 10.7. The second kappa shape index (κ2) is 10.7. The molecule has 4 aliphatic carbocycles. The quantitative estimate of drug-likeness (QED) is 0.412. The van der Waals surface area contributed by atoms with Crippen LogP contribution in [-0.2, 0) is 9.53 Å². The maximum Gasteiger partial charge on any atom is 1.00 e. The molecule has 4 rings (SSSR count). The molecule has 3 unspecified atom stereocenters. The van der Waals surface area contributed by atoms with Gasteiger partial charge in [0.25, 0.3) is 0 Å². The van der Waals surface area contributed by atoms with Crippen molar-refractivity contribution in [3.63, 3.8) is 0 Å². The average Bonchev–Trinajstić information content (AvgIpc) is 3.11. The predicted octanol–water partition coefficient (Wildman–Crippen LogP) is 4.18. The molecule has 0 saturated heterocycles. The van der Waals surface area contributed by atoms with Crippen molar-refractivity contribution in [3.8, 4) is 0 Å². The minimum Gasteiger partial charge on any atom is -0.542 e. The molecule has 0 spiro atoms. The molecule has 0 bridgehead atoms. The Morgan fingerprint density at radius 2 is 1.66 bits per heavy atom. The molecule has 0 amide bonds. The van der Waals surface area contributed by atoms with Gasteiger partial charge in [-0.15, -0.1) is 0 Å². The summed E-state index contributed by atoms with van der Waals surface area (Å²) in [6.45, 7) is 21.8. The van der Waals surface area contributed by atoms with Crippen LogP contribution in [0.5, 0.6) is 0 Å². The Kier molecular flexibility index (Phi) is 9.37. The zero-order valence-corrected chi connectivity index (χ0v) is 27.8. The maximum atomic E-state index is 11.0. The number of hydrogen-bond acceptors (Lipinski definition) is 3. The summed E-state index contributed by atoms with van der Waals surface area (Å²) >= 11 is 0. The monoisotopic (exact) mass is 511 g/mol. The summed E-state index contributed by atoms with van der Waals surface area (Å²) in [4.78, 5) is 11.0. The normalized spacial score (nSPS) is 46.5. The van der Waals surface area contributed by atoms with Crippen LogP contribution >= 0.6 is 0 Å². The molecule has 4 saturated carbocycles. The van der Waals surface area contributed by atoms with Crippen molar-refractivity contribution in [1.82, 2.24) is 0 Å². The van der Waals surface area contributed by atoms with Gasteiger partial charge in [-0.05, 0) is 109 Å². The molecule has 196 valence electrons. The van der Waals surface area contributed by atoms with Crippen molar-refractivity contribution in [2.45, 2.75) is 119 Å². The molecule has 0 radical (unpaired) electrons. The first-order valence-electron chi connectivity index (χ1n) is 14.4. The summed E-state index contributed by atoms with van der Waals surface area (Å²) in [6.07, 6.45) is 12.8. The zero-order valence-electron chi connectivity index (χ0n) is 24.6. The first-order valence-corrected chi connectivity index (χ1v) is 14.4. The summed E-state index contributed by atoms with van der Waals surface area (Å²) in [6, 6.07) is 0. The minimum atomic E-state index is -0.00531. The minimum absolute atomic E-state index is 0. The van der Waals surface area contributed by atoms with E-state index in [-0.39, 0.29) is 57.0 Å². The van der Waals surface area contributed by atoms with E-state index in [2.05, 4.69) is 61.7 Å². The summed E-state index contributed by atoms with van der Waals surface area (Å²) in [5.41, 5.74) is 7.24. The molecule has 0 heterocycles. The third kappa shape index (κ3) is 5.00. The average molecular weight is 512 g/mol. The molecule has 35 heavy (non-hydrogen) atoms. The SMILES string of the molecule is CC(CC[C-]=O)C1CC[C@H]2[C@H]3[C@H](CC(C)(C)[C@]12C)[C@@]1(C)CCC(C)(OCCN)C[C@H]1CC3(C)C.[K+]. The number of nitrogens with two attached hydrogens (primary N) is 1. The van der Waals surface area contributed by atoms with E-state index < -0.39 is 0 Å².